The molecule has 1 saturated carbocycles. The van der Waals surface area contributed by atoms with E-state index in [1.807, 2.05) is 0 Å². The van der Waals surface area contributed by atoms with Gasteiger partial charge in [0.05, 0.1) is 13.2 Å². The van der Waals surface area contributed by atoms with Crippen molar-refractivity contribution in [3.63, 3.8) is 0 Å². The molecule has 1 unspecified atom stereocenters. The van der Waals surface area contributed by atoms with E-state index in [-0.39, 0.29) is 11.9 Å². The van der Waals surface area contributed by atoms with Gasteiger partial charge in [0.15, 0.2) is 11.7 Å². The first-order valence-corrected chi connectivity index (χ1v) is 8.93. The molecular formula is C17H31N3O2. The van der Waals surface area contributed by atoms with E-state index in [0.29, 0.717) is 19.1 Å². The van der Waals surface area contributed by atoms with E-state index < -0.39 is 0 Å². The first-order chi connectivity index (χ1) is 10.6. The number of hydrogen-bond acceptors (Lipinski definition) is 3. The molecule has 126 valence electrons. The van der Waals surface area contributed by atoms with Gasteiger partial charge in [-0.3, -0.25) is 4.99 Å². The molecule has 0 radical (unpaired) electrons. The number of ether oxygens (including phenoxy) is 2. The molecule has 0 aromatic rings. The number of rotatable bonds is 2. The van der Waals surface area contributed by atoms with E-state index in [1.165, 1.54) is 25.7 Å². The van der Waals surface area contributed by atoms with Gasteiger partial charge in [-0.25, -0.2) is 0 Å². The molecule has 0 aromatic carbocycles. The number of hydrogen-bond donors (Lipinski definition) is 1. The van der Waals surface area contributed by atoms with E-state index in [9.17, 15) is 0 Å². The lowest BCUT2D eigenvalue weighted by atomic mass is 9.86. The average Bonchev–Trinajstić information content (AvgIpc) is 2.92. The van der Waals surface area contributed by atoms with Gasteiger partial charge in [0.25, 0.3) is 0 Å². The summed E-state index contributed by atoms with van der Waals surface area (Å²) < 4.78 is 12.2. The van der Waals surface area contributed by atoms with Crippen LogP contribution in [0.5, 0.6) is 0 Å². The molecule has 2 N–H and O–H groups in total. The average molecular weight is 309 g/mol. The zero-order chi connectivity index (χ0) is 15.6. The van der Waals surface area contributed by atoms with Crippen LogP contribution < -0.4 is 5.73 Å². The quantitative estimate of drug-likeness (QED) is 0.628. The molecule has 3 aliphatic rings. The van der Waals surface area contributed by atoms with Gasteiger partial charge in [0, 0.05) is 25.9 Å². The third-order valence-corrected chi connectivity index (χ3v) is 5.51. The molecule has 2 heterocycles. The number of likely N-dealkylation sites (tertiary alicyclic amines) is 1. The Morgan fingerprint density at radius 2 is 1.77 bits per heavy atom. The summed E-state index contributed by atoms with van der Waals surface area (Å²) in [6, 6.07) is 0. The minimum absolute atomic E-state index is 0.0654. The van der Waals surface area contributed by atoms with Crippen molar-refractivity contribution >= 4 is 5.96 Å². The maximum Gasteiger partial charge on any atom is 0.191 e. The van der Waals surface area contributed by atoms with Crippen LogP contribution in [-0.2, 0) is 9.47 Å². The standard InChI is InChI=1S/C17H31N3O2/c1-13-3-7-17(8-4-13)21-12-15(22-17)11-19-16(18)20-9-5-14(2)6-10-20/h13-15H,3-12H2,1-2H3,(H2,18,19). The zero-order valence-electron chi connectivity index (χ0n) is 14.1. The lowest BCUT2D eigenvalue weighted by Crippen LogP contribution is -2.43. The second-order valence-electron chi connectivity index (χ2n) is 7.51. The Morgan fingerprint density at radius 3 is 2.45 bits per heavy atom. The van der Waals surface area contributed by atoms with Gasteiger partial charge < -0.3 is 20.1 Å². The number of guanidine groups is 1. The Hall–Kier alpha value is -0.810. The first-order valence-electron chi connectivity index (χ1n) is 8.93. The minimum Gasteiger partial charge on any atom is -0.370 e. The minimum atomic E-state index is -0.317. The maximum atomic E-state index is 6.19. The number of nitrogens with zero attached hydrogens (tertiary/aromatic N) is 2. The normalized spacial score (nSPS) is 37.9. The van der Waals surface area contributed by atoms with Crippen molar-refractivity contribution in [1.82, 2.24) is 4.90 Å². The number of aliphatic imine (C=N–C) groups is 1. The molecule has 1 spiro atoms. The SMILES string of the molecule is CC1CCN(C(N)=NCC2COC3(CCC(C)CC3)O2)CC1. The smallest absolute Gasteiger partial charge is 0.191 e. The van der Waals surface area contributed by atoms with Gasteiger partial charge >= 0.3 is 0 Å². The van der Waals surface area contributed by atoms with Crippen LogP contribution in [0.15, 0.2) is 4.99 Å². The maximum absolute atomic E-state index is 6.19. The lowest BCUT2D eigenvalue weighted by Gasteiger charge is -2.34. The van der Waals surface area contributed by atoms with Crippen molar-refractivity contribution in [3.8, 4) is 0 Å². The van der Waals surface area contributed by atoms with Crippen LogP contribution in [-0.4, -0.2) is 49.0 Å². The Bertz CT molecular complexity index is 397. The summed E-state index contributed by atoms with van der Waals surface area (Å²) in [5.41, 5.74) is 6.14. The second-order valence-corrected chi connectivity index (χ2v) is 7.51. The summed E-state index contributed by atoms with van der Waals surface area (Å²) >= 11 is 0. The molecule has 1 aliphatic carbocycles. The summed E-state index contributed by atoms with van der Waals surface area (Å²) in [6.45, 7) is 7.95. The van der Waals surface area contributed by atoms with E-state index in [0.717, 1.165) is 37.8 Å². The number of nitrogens with two attached hydrogens (primary N) is 1. The van der Waals surface area contributed by atoms with Crippen LogP contribution >= 0.6 is 0 Å². The van der Waals surface area contributed by atoms with Gasteiger partial charge in [-0.1, -0.05) is 13.8 Å². The van der Waals surface area contributed by atoms with Crippen LogP contribution in [0, 0.1) is 11.8 Å². The number of piperidine rings is 1. The van der Waals surface area contributed by atoms with Crippen LogP contribution in [0.25, 0.3) is 0 Å². The van der Waals surface area contributed by atoms with E-state index in [2.05, 4.69) is 23.7 Å². The summed E-state index contributed by atoms with van der Waals surface area (Å²) in [4.78, 5) is 6.77. The summed E-state index contributed by atoms with van der Waals surface area (Å²) in [5.74, 6) is 1.96. The Kier molecular flexibility index (Phi) is 4.93. The summed E-state index contributed by atoms with van der Waals surface area (Å²) in [7, 11) is 0. The topological polar surface area (TPSA) is 60.1 Å². The van der Waals surface area contributed by atoms with Crippen LogP contribution in [0.2, 0.25) is 0 Å². The third-order valence-electron chi connectivity index (χ3n) is 5.51. The molecular weight excluding hydrogens is 278 g/mol. The van der Waals surface area contributed by atoms with Crippen molar-refractivity contribution in [2.45, 2.75) is 64.3 Å². The molecule has 22 heavy (non-hydrogen) atoms. The molecule has 0 aromatic heterocycles. The van der Waals surface area contributed by atoms with E-state index in [4.69, 9.17) is 15.2 Å². The van der Waals surface area contributed by atoms with Crippen molar-refractivity contribution in [3.05, 3.63) is 0 Å². The fraction of sp³-hybridized carbons (Fsp3) is 0.941. The van der Waals surface area contributed by atoms with Gasteiger partial charge in [-0.15, -0.1) is 0 Å². The predicted molar refractivity (Wildman–Crippen MR) is 87.6 cm³/mol. The second kappa shape index (κ2) is 6.75. The van der Waals surface area contributed by atoms with Gasteiger partial charge in [0.1, 0.15) is 6.10 Å². The van der Waals surface area contributed by atoms with Gasteiger partial charge in [-0.2, -0.15) is 0 Å². The summed E-state index contributed by atoms with van der Waals surface area (Å²) in [5, 5.41) is 0. The monoisotopic (exact) mass is 309 g/mol. The van der Waals surface area contributed by atoms with E-state index in [1.54, 1.807) is 0 Å². The van der Waals surface area contributed by atoms with Crippen LogP contribution in [0.4, 0.5) is 0 Å². The highest BCUT2D eigenvalue weighted by atomic mass is 16.7. The van der Waals surface area contributed by atoms with Crippen molar-refractivity contribution < 1.29 is 9.47 Å². The molecule has 2 saturated heterocycles. The van der Waals surface area contributed by atoms with Crippen LogP contribution in [0.3, 0.4) is 0 Å². The highest BCUT2D eigenvalue weighted by Crippen LogP contribution is 2.39. The largest absolute Gasteiger partial charge is 0.370 e. The van der Waals surface area contributed by atoms with Gasteiger partial charge in [-0.05, 0) is 37.5 Å². The Balaban J connectivity index is 1.47. The van der Waals surface area contributed by atoms with Crippen molar-refractivity contribution in [2.75, 3.05) is 26.2 Å². The molecule has 5 heteroatoms. The highest BCUT2D eigenvalue weighted by molar-refractivity contribution is 5.78. The Morgan fingerprint density at radius 1 is 1.14 bits per heavy atom. The molecule has 2 aliphatic heterocycles. The molecule has 0 amide bonds. The molecule has 3 rings (SSSR count). The summed E-state index contributed by atoms with van der Waals surface area (Å²) in [6.07, 6.45) is 6.92. The molecule has 1 atom stereocenters. The first kappa shape index (κ1) is 16.1. The fourth-order valence-electron chi connectivity index (χ4n) is 3.70. The van der Waals surface area contributed by atoms with Crippen LogP contribution in [0.1, 0.15) is 52.4 Å². The molecule has 3 fully saturated rings. The van der Waals surface area contributed by atoms with Gasteiger partial charge in [0.2, 0.25) is 0 Å². The third kappa shape index (κ3) is 3.74. The van der Waals surface area contributed by atoms with Crippen molar-refractivity contribution in [2.24, 2.45) is 22.6 Å². The lowest BCUT2D eigenvalue weighted by molar-refractivity contribution is -0.190. The predicted octanol–water partition coefficient (Wildman–Crippen LogP) is 2.35. The van der Waals surface area contributed by atoms with E-state index >= 15 is 0 Å². The fourth-order valence-corrected chi connectivity index (χ4v) is 3.70. The molecule has 0 bridgehead atoms. The highest BCUT2D eigenvalue weighted by Gasteiger charge is 2.43. The Labute approximate surface area is 134 Å². The molecule has 5 nitrogen and oxygen atoms in total. The zero-order valence-corrected chi connectivity index (χ0v) is 14.1. The van der Waals surface area contributed by atoms with Crippen molar-refractivity contribution in [1.29, 1.82) is 0 Å².